The molecule has 2 nitrogen and oxygen atoms in total. The highest BCUT2D eigenvalue weighted by Gasteiger charge is 2.07. The molecule has 0 aliphatic rings. The van der Waals surface area contributed by atoms with Crippen LogP contribution in [-0.2, 0) is 12.3 Å². The minimum absolute atomic E-state index is 1.03. The van der Waals surface area contributed by atoms with Crippen molar-refractivity contribution >= 4 is 22.5 Å². The van der Waals surface area contributed by atoms with Crippen LogP contribution in [0.1, 0.15) is 17.5 Å². The summed E-state index contributed by atoms with van der Waals surface area (Å²) in [6, 6.07) is 26.3. The Labute approximate surface area is 174 Å². The zero-order chi connectivity index (χ0) is 19.6. The summed E-state index contributed by atoms with van der Waals surface area (Å²) in [6.45, 7) is 4.46. The molecule has 0 fully saturated rings. The van der Waals surface area contributed by atoms with Crippen molar-refractivity contribution in [3.05, 3.63) is 83.9 Å². The Morgan fingerprint density at radius 1 is 0.714 bits per heavy atom. The quantitative estimate of drug-likeness (QED) is 0.396. The van der Waals surface area contributed by atoms with E-state index >= 15 is 0 Å². The van der Waals surface area contributed by atoms with Gasteiger partial charge in [-0.3, -0.25) is 4.90 Å². The van der Waals surface area contributed by atoms with Gasteiger partial charge in [0, 0.05) is 24.6 Å². The van der Waals surface area contributed by atoms with E-state index in [0.29, 0.717) is 0 Å². The van der Waals surface area contributed by atoms with Gasteiger partial charge in [-0.2, -0.15) is 11.8 Å². The van der Waals surface area contributed by atoms with Crippen LogP contribution in [-0.4, -0.2) is 49.3 Å². The lowest BCUT2D eigenvalue weighted by Crippen LogP contribution is -2.29. The number of benzene rings is 3. The van der Waals surface area contributed by atoms with E-state index in [1.165, 1.54) is 34.1 Å². The van der Waals surface area contributed by atoms with Crippen molar-refractivity contribution in [2.45, 2.75) is 18.7 Å². The van der Waals surface area contributed by atoms with E-state index in [0.717, 1.165) is 31.9 Å². The largest absolute Gasteiger partial charge is 0.309 e. The highest BCUT2D eigenvalue weighted by atomic mass is 32.2. The van der Waals surface area contributed by atoms with E-state index in [9.17, 15) is 0 Å². The lowest BCUT2D eigenvalue weighted by atomic mass is 10.1. The van der Waals surface area contributed by atoms with E-state index in [1.807, 2.05) is 11.8 Å². The average molecular weight is 393 g/mol. The summed E-state index contributed by atoms with van der Waals surface area (Å²) in [7, 11) is 4.31. The van der Waals surface area contributed by atoms with Crippen LogP contribution in [0, 0.1) is 0 Å². The van der Waals surface area contributed by atoms with Gasteiger partial charge in [0.1, 0.15) is 0 Å². The highest BCUT2D eigenvalue weighted by Crippen LogP contribution is 2.18. The lowest BCUT2D eigenvalue weighted by molar-refractivity contribution is 0.261. The Balaban J connectivity index is 1.55. The van der Waals surface area contributed by atoms with Gasteiger partial charge in [0.25, 0.3) is 0 Å². The predicted molar refractivity (Wildman–Crippen MR) is 125 cm³/mol. The van der Waals surface area contributed by atoms with Gasteiger partial charge < -0.3 is 4.90 Å². The van der Waals surface area contributed by atoms with E-state index < -0.39 is 0 Å². The molecule has 0 heterocycles. The molecule has 3 aromatic rings. The van der Waals surface area contributed by atoms with Gasteiger partial charge in [0.15, 0.2) is 0 Å². The van der Waals surface area contributed by atoms with Crippen LogP contribution in [0.4, 0.5) is 0 Å². The van der Waals surface area contributed by atoms with E-state index in [1.54, 1.807) is 0 Å². The molecule has 0 aliphatic heterocycles. The Hall–Kier alpha value is -1.81. The standard InChI is InChI=1S/C25H32N2S/c1-26(2)15-8-16-27(17-18-28-21-22-9-4-3-5-10-22)20-23-13-14-24-11-6-7-12-25(24)19-23/h3-7,9-14,19H,8,15-18,20-21H2,1-2H3. The first kappa shape index (κ1) is 20.9. The van der Waals surface area contributed by atoms with Crippen LogP contribution in [0.2, 0.25) is 0 Å². The molecule has 0 spiro atoms. The van der Waals surface area contributed by atoms with Crippen LogP contribution in [0.3, 0.4) is 0 Å². The van der Waals surface area contributed by atoms with Crippen molar-refractivity contribution in [1.82, 2.24) is 9.80 Å². The molecule has 3 aromatic carbocycles. The third-order valence-electron chi connectivity index (χ3n) is 4.96. The second-order valence-corrected chi connectivity index (χ2v) is 8.76. The fourth-order valence-electron chi connectivity index (χ4n) is 3.43. The van der Waals surface area contributed by atoms with Gasteiger partial charge in [-0.05, 0) is 61.6 Å². The first-order valence-electron chi connectivity index (χ1n) is 10.2. The van der Waals surface area contributed by atoms with Crippen LogP contribution in [0.25, 0.3) is 10.8 Å². The van der Waals surface area contributed by atoms with E-state index in [2.05, 4.69) is 96.7 Å². The van der Waals surface area contributed by atoms with Crippen molar-refractivity contribution in [2.75, 3.05) is 39.5 Å². The molecule has 3 heteroatoms. The summed E-state index contributed by atoms with van der Waals surface area (Å²) >= 11 is 2.04. The van der Waals surface area contributed by atoms with Crippen LogP contribution in [0.5, 0.6) is 0 Å². The predicted octanol–water partition coefficient (Wildman–Crippen LogP) is 5.53. The number of rotatable bonds is 11. The number of hydrogen-bond acceptors (Lipinski definition) is 3. The SMILES string of the molecule is CN(C)CCCN(CCSCc1ccccc1)Cc1ccc2ccccc2c1. The molecule has 0 saturated carbocycles. The molecule has 148 valence electrons. The number of thioether (sulfide) groups is 1. The van der Waals surface area contributed by atoms with Crippen molar-refractivity contribution in [3.63, 3.8) is 0 Å². The summed E-state index contributed by atoms with van der Waals surface area (Å²) in [5, 5.41) is 2.66. The monoisotopic (exact) mass is 392 g/mol. The number of nitrogens with zero attached hydrogens (tertiary/aromatic N) is 2. The molecule has 28 heavy (non-hydrogen) atoms. The Morgan fingerprint density at radius 2 is 1.46 bits per heavy atom. The second-order valence-electron chi connectivity index (χ2n) is 7.65. The van der Waals surface area contributed by atoms with Gasteiger partial charge in [0.05, 0.1) is 0 Å². The molecule has 0 aliphatic carbocycles. The molecular formula is C25H32N2S. The van der Waals surface area contributed by atoms with Gasteiger partial charge in [0.2, 0.25) is 0 Å². The fourth-order valence-corrected chi connectivity index (χ4v) is 4.39. The third-order valence-corrected chi connectivity index (χ3v) is 5.97. The summed E-state index contributed by atoms with van der Waals surface area (Å²) in [5.74, 6) is 2.27. The third kappa shape index (κ3) is 6.97. The fraction of sp³-hybridized carbons (Fsp3) is 0.360. The Bertz CT molecular complexity index is 832. The molecule has 0 bridgehead atoms. The maximum Gasteiger partial charge on any atom is 0.0234 e. The lowest BCUT2D eigenvalue weighted by Gasteiger charge is -2.23. The molecule has 0 N–H and O–H groups in total. The van der Waals surface area contributed by atoms with E-state index in [4.69, 9.17) is 0 Å². The number of fused-ring (bicyclic) bond motifs is 1. The van der Waals surface area contributed by atoms with Crippen molar-refractivity contribution in [3.8, 4) is 0 Å². The van der Waals surface area contributed by atoms with Crippen LogP contribution < -0.4 is 0 Å². The molecule has 0 atom stereocenters. The summed E-state index contributed by atoms with van der Waals surface area (Å²) < 4.78 is 0. The smallest absolute Gasteiger partial charge is 0.0234 e. The van der Waals surface area contributed by atoms with Crippen molar-refractivity contribution < 1.29 is 0 Å². The zero-order valence-corrected chi connectivity index (χ0v) is 18.0. The molecule has 0 radical (unpaired) electrons. The second kappa shape index (κ2) is 11.3. The summed E-state index contributed by atoms with van der Waals surface area (Å²) in [6.07, 6.45) is 1.21. The highest BCUT2D eigenvalue weighted by molar-refractivity contribution is 7.98. The van der Waals surface area contributed by atoms with Crippen LogP contribution in [0.15, 0.2) is 72.8 Å². The molecule has 3 rings (SSSR count). The Kier molecular flexibility index (Phi) is 8.41. The zero-order valence-electron chi connectivity index (χ0n) is 17.2. The summed E-state index contributed by atoms with van der Waals surface area (Å²) in [4.78, 5) is 4.89. The molecule has 0 saturated heterocycles. The molecular weight excluding hydrogens is 360 g/mol. The topological polar surface area (TPSA) is 6.48 Å². The maximum atomic E-state index is 2.62. The minimum Gasteiger partial charge on any atom is -0.309 e. The van der Waals surface area contributed by atoms with Crippen molar-refractivity contribution in [1.29, 1.82) is 0 Å². The Morgan fingerprint density at radius 3 is 2.25 bits per heavy atom. The molecule has 0 aromatic heterocycles. The number of hydrogen-bond donors (Lipinski definition) is 0. The van der Waals surface area contributed by atoms with Gasteiger partial charge >= 0.3 is 0 Å². The normalized spacial score (nSPS) is 11.6. The van der Waals surface area contributed by atoms with E-state index in [-0.39, 0.29) is 0 Å². The molecule has 0 amide bonds. The van der Waals surface area contributed by atoms with Gasteiger partial charge in [-0.15, -0.1) is 0 Å². The summed E-state index contributed by atoms with van der Waals surface area (Å²) in [5.41, 5.74) is 2.83. The van der Waals surface area contributed by atoms with Crippen molar-refractivity contribution in [2.24, 2.45) is 0 Å². The minimum atomic E-state index is 1.03. The van der Waals surface area contributed by atoms with Gasteiger partial charge in [-0.1, -0.05) is 66.7 Å². The average Bonchev–Trinajstić information content (AvgIpc) is 2.71. The maximum absolute atomic E-state index is 2.62. The first-order chi connectivity index (χ1) is 13.7. The molecule has 0 unspecified atom stereocenters. The van der Waals surface area contributed by atoms with Crippen LogP contribution >= 0.6 is 11.8 Å². The van der Waals surface area contributed by atoms with Gasteiger partial charge in [-0.25, -0.2) is 0 Å². The first-order valence-corrected chi connectivity index (χ1v) is 11.3.